The number of methoxy groups -OCH3 is 1. The highest BCUT2D eigenvalue weighted by Crippen LogP contribution is 2.22. The number of rotatable bonds is 4. The first-order valence-electron chi connectivity index (χ1n) is 4.42. The molecule has 0 amide bonds. The van der Waals surface area contributed by atoms with E-state index in [2.05, 4.69) is 0 Å². The molecule has 1 aromatic carbocycles. The van der Waals surface area contributed by atoms with E-state index in [9.17, 15) is 4.79 Å². The number of ether oxygens (including phenoxy) is 1. The molecular weight excluding hydrogens is 194 g/mol. The van der Waals surface area contributed by atoms with Crippen LogP contribution in [0.5, 0.6) is 5.75 Å². The third-order valence-corrected chi connectivity index (χ3v) is 2.03. The summed E-state index contributed by atoms with van der Waals surface area (Å²) >= 11 is 0. The summed E-state index contributed by atoms with van der Waals surface area (Å²) in [7, 11) is 1.53. The summed E-state index contributed by atoms with van der Waals surface area (Å²) in [6.45, 7) is 0. The average Bonchev–Trinajstić information content (AvgIpc) is 2.25. The van der Waals surface area contributed by atoms with Crippen LogP contribution in [0.25, 0.3) is 0 Å². The zero-order chi connectivity index (χ0) is 11.3. The van der Waals surface area contributed by atoms with Crippen LogP contribution in [-0.2, 0) is 4.79 Å². The first kappa shape index (κ1) is 11.1. The van der Waals surface area contributed by atoms with Crippen LogP contribution in [0.2, 0.25) is 0 Å². The van der Waals surface area contributed by atoms with E-state index in [-0.39, 0.29) is 6.42 Å². The molecule has 0 saturated heterocycles. The number of aliphatic carboxylic acids is 1. The van der Waals surface area contributed by atoms with Crippen molar-refractivity contribution in [1.29, 1.82) is 5.26 Å². The van der Waals surface area contributed by atoms with Gasteiger partial charge in [-0.1, -0.05) is 12.1 Å². The molecule has 4 nitrogen and oxygen atoms in total. The van der Waals surface area contributed by atoms with Crippen LogP contribution in [-0.4, -0.2) is 18.2 Å². The lowest BCUT2D eigenvalue weighted by atomic mass is 9.97. The van der Waals surface area contributed by atoms with Crippen molar-refractivity contribution in [2.24, 2.45) is 0 Å². The van der Waals surface area contributed by atoms with E-state index < -0.39 is 11.9 Å². The first-order chi connectivity index (χ1) is 7.17. The van der Waals surface area contributed by atoms with Crippen LogP contribution in [0.15, 0.2) is 24.3 Å². The van der Waals surface area contributed by atoms with Crippen molar-refractivity contribution in [3.05, 3.63) is 29.8 Å². The Labute approximate surface area is 87.7 Å². The molecule has 0 aliphatic carbocycles. The number of carboxylic acid groups (broad SMARTS) is 1. The zero-order valence-corrected chi connectivity index (χ0v) is 8.30. The minimum atomic E-state index is -0.982. The predicted molar refractivity (Wildman–Crippen MR) is 53.6 cm³/mol. The maximum absolute atomic E-state index is 10.5. The van der Waals surface area contributed by atoms with Gasteiger partial charge in [0, 0.05) is 0 Å². The van der Waals surface area contributed by atoms with E-state index >= 15 is 0 Å². The maximum atomic E-state index is 10.5. The summed E-state index contributed by atoms with van der Waals surface area (Å²) in [4.78, 5) is 10.5. The molecule has 0 fully saturated rings. The van der Waals surface area contributed by atoms with Gasteiger partial charge in [-0.15, -0.1) is 0 Å². The Kier molecular flexibility index (Phi) is 3.69. The second-order valence-corrected chi connectivity index (χ2v) is 3.06. The van der Waals surface area contributed by atoms with Crippen LogP contribution >= 0.6 is 0 Å². The summed E-state index contributed by atoms with van der Waals surface area (Å²) < 4.78 is 5.00. The fraction of sp³-hybridized carbons (Fsp3) is 0.273. The molecule has 1 rings (SSSR count). The molecule has 0 heterocycles. The average molecular weight is 205 g/mol. The fourth-order valence-electron chi connectivity index (χ4n) is 1.27. The molecule has 0 aliphatic rings. The van der Waals surface area contributed by atoms with Gasteiger partial charge in [0.15, 0.2) is 0 Å². The molecule has 0 saturated carbocycles. The smallest absolute Gasteiger partial charge is 0.305 e. The van der Waals surface area contributed by atoms with Crippen molar-refractivity contribution < 1.29 is 14.6 Å². The second kappa shape index (κ2) is 5.01. The summed E-state index contributed by atoms with van der Waals surface area (Å²) in [5.41, 5.74) is 0.666. The molecule has 1 unspecified atom stereocenters. The molecule has 0 bridgehead atoms. The van der Waals surface area contributed by atoms with Crippen molar-refractivity contribution in [3.63, 3.8) is 0 Å². The third-order valence-electron chi connectivity index (χ3n) is 2.03. The van der Waals surface area contributed by atoms with Gasteiger partial charge < -0.3 is 9.84 Å². The number of carbonyl (C=O) groups is 1. The highest BCUT2D eigenvalue weighted by Gasteiger charge is 2.14. The van der Waals surface area contributed by atoms with Crippen LogP contribution in [0.4, 0.5) is 0 Å². The number of carboxylic acids is 1. The van der Waals surface area contributed by atoms with Crippen molar-refractivity contribution in [1.82, 2.24) is 0 Å². The first-order valence-corrected chi connectivity index (χ1v) is 4.42. The third kappa shape index (κ3) is 2.99. The Hall–Kier alpha value is -2.02. The van der Waals surface area contributed by atoms with Crippen molar-refractivity contribution in [2.75, 3.05) is 7.11 Å². The quantitative estimate of drug-likeness (QED) is 0.813. The van der Waals surface area contributed by atoms with Crippen LogP contribution in [0.3, 0.4) is 0 Å². The largest absolute Gasteiger partial charge is 0.497 e. The Balaban J connectivity index is 2.92. The van der Waals surface area contributed by atoms with Gasteiger partial charge in [-0.25, -0.2) is 0 Å². The van der Waals surface area contributed by atoms with Gasteiger partial charge in [-0.2, -0.15) is 5.26 Å². The van der Waals surface area contributed by atoms with E-state index in [0.29, 0.717) is 11.3 Å². The standard InChI is InChI=1S/C11H11NO3/c1-15-10-4-2-3-8(5-10)9(7-12)6-11(13)14/h2-5,9H,6H2,1H3,(H,13,14). The fourth-order valence-corrected chi connectivity index (χ4v) is 1.27. The lowest BCUT2D eigenvalue weighted by Crippen LogP contribution is -2.04. The van der Waals surface area contributed by atoms with Gasteiger partial charge >= 0.3 is 5.97 Å². The Bertz CT molecular complexity index is 395. The van der Waals surface area contributed by atoms with Gasteiger partial charge in [0.25, 0.3) is 0 Å². The summed E-state index contributed by atoms with van der Waals surface area (Å²) in [5.74, 6) is -0.986. The molecule has 1 atom stereocenters. The molecule has 1 aromatic rings. The molecule has 78 valence electrons. The number of hydrogen-bond donors (Lipinski definition) is 1. The highest BCUT2D eigenvalue weighted by molar-refractivity contribution is 5.68. The number of nitrogens with zero attached hydrogens (tertiary/aromatic N) is 1. The SMILES string of the molecule is COc1cccc(C(C#N)CC(=O)O)c1. The second-order valence-electron chi connectivity index (χ2n) is 3.06. The highest BCUT2D eigenvalue weighted by atomic mass is 16.5. The number of nitriles is 1. The minimum Gasteiger partial charge on any atom is -0.497 e. The van der Waals surface area contributed by atoms with Gasteiger partial charge in [0.05, 0.1) is 25.5 Å². The van der Waals surface area contributed by atoms with Crippen LogP contribution < -0.4 is 4.74 Å². The van der Waals surface area contributed by atoms with Gasteiger partial charge in [0.1, 0.15) is 5.75 Å². The lowest BCUT2D eigenvalue weighted by Gasteiger charge is -2.07. The van der Waals surface area contributed by atoms with Crippen molar-refractivity contribution >= 4 is 5.97 Å². The Morgan fingerprint density at radius 2 is 2.40 bits per heavy atom. The Morgan fingerprint density at radius 3 is 2.93 bits per heavy atom. The summed E-state index contributed by atoms with van der Waals surface area (Å²) in [6.07, 6.45) is -0.191. The van der Waals surface area contributed by atoms with Crippen molar-refractivity contribution in [2.45, 2.75) is 12.3 Å². The molecule has 0 radical (unpaired) electrons. The van der Waals surface area contributed by atoms with E-state index in [4.69, 9.17) is 15.1 Å². The van der Waals surface area contributed by atoms with E-state index in [0.717, 1.165) is 0 Å². The molecule has 1 N–H and O–H groups in total. The topological polar surface area (TPSA) is 70.3 Å². The molecule has 15 heavy (non-hydrogen) atoms. The van der Waals surface area contributed by atoms with Gasteiger partial charge in [-0.05, 0) is 17.7 Å². The molecule has 4 heteroatoms. The number of hydrogen-bond acceptors (Lipinski definition) is 3. The van der Waals surface area contributed by atoms with Crippen LogP contribution in [0, 0.1) is 11.3 Å². The van der Waals surface area contributed by atoms with E-state index in [1.165, 1.54) is 7.11 Å². The van der Waals surface area contributed by atoms with Crippen LogP contribution in [0.1, 0.15) is 17.9 Å². The minimum absolute atomic E-state index is 0.191. The zero-order valence-electron chi connectivity index (χ0n) is 8.30. The van der Waals surface area contributed by atoms with Gasteiger partial charge in [0.2, 0.25) is 0 Å². The monoisotopic (exact) mass is 205 g/mol. The normalized spacial score (nSPS) is 11.5. The van der Waals surface area contributed by atoms with E-state index in [1.54, 1.807) is 24.3 Å². The maximum Gasteiger partial charge on any atom is 0.305 e. The molecular formula is C11H11NO3. The van der Waals surface area contributed by atoms with Crippen molar-refractivity contribution in [3.8, 4) is 11.8 Å². The molecule has 0 aromatic heterocycles. The van der Waals surface area contributed by atoms with E-state index in [1.807, 2.05) is 6.07 Å². The predicted octanol–water partition coefficient (Wildman–Crippen LogP) is 1.78. The molecule has 0 spiro atoms. The molecule has 0 aliphatic heterocycles. The Morgan fingerprint density at radius 1 is 1.67 bits per heavy atom. The van der Waals surface area contributed by atoms with Gasteiger partial charge in [-0.3, -0.25) is 4.79 Å². The summed E-state index contributed by atoms with van der Waals surface area (Å²) in [6, 6.07) is 8.85. The lowest BCUT2D eigenvalue weighted by molar-refractivity contribution is -0.137. The number of benzene rings is 1. The summed E-state index contributed by atoms with van der Waals surface area (Å²) in [5, 5.41) is 17.5.